The Bertz CT molecular complexity index is 347. The molecule has 0 spiro atoms. The number of nitrogens with zero attached hydrogens (tertiary/aromatic N) is 1. The lowest BCUT2D eigenvalue weighted by molar-refractivity contribution is -0.151. The maximum absolute atomic E-state index is 12.3. The van der Waals surface area contributed by atoms with E-state index in [0.29, 0.717) is 13.2 Å². The van der Waals surface area contributed by atoms with Crippen LogP contribution in [0.5, 0.6) is 0 Å². The van der Waals surface area contributed by atoms with E-state index in [-0.39, 0.29) is 23.3 Å². The number of piperazine rings is 1. The molecular formula is C14H26N2O3. The molecular weight excluding hydrogens is 244 g/mol. The van der Waals surface area contributed by atoms with Crippen LogP contribution in [0, 0.1) is 5.92 Å². The molecule has 5 nitrogen and oxygen atoms in total. The Labute approximate surface area is 115 Å². The molecule has 0 aromatic carbocycles. The Morgan fingerprint density at radius 1 is 1.32 bits per heavy atom. The highest BCUT2D eigenvalue weighted by atomic mass is 16.5. The average molecular weight is 270 g/mol. The first kappa shape index (κ1) is 16.0. The molecule has 1 fully saturated rings. The molecule has 1 N–H and O–H groups in total. The second-order valence-corrected chi connectivity index (χ2v) is 6.40. The van der Waals surface area contributed by atoms with E-state index in [1.165, 1.54) is 0 Å². The predicted molar refractivity (Wildman–Crippen MR) is 73.6 cm³/mol. The van der Waals surface area contributed by atoms with E-state index in [0.717, 1.165) is 0 Å². The van der Waals surface area contributed by atoms with Crippen LogP contribution < -0.4 is 5.32 Å². The van der Waals surface area contributed by atoms with E-state index in [4.69, 9.17) is 4.74 Å². The van der Waals surface area contributed by atoms with Crippen molar-refractivity contribution >= 4 is 11.8 Å². The molecule has 1 saturated heterocycles. The minimum Gasteiger partial charge on any atom is -0.374 e. The fourth-order valence-electron chi connectivity index (χ4n) is 2.05. The predicted octanol–water partition coefficient (Wildman–Crippen LogP) is 1.17. The Hall–Kier alpha value is -1.10. The molecule has 2 atom stereocenters. The van der Waals surface area contributed by atoms with Crippen LogP contribution >= 0.6 is 0 Å². The van der Waals surface area contributed by atoms with Crippen LogP contribution in [0.2, 0.25) is 0 Å². The minimum absolute atomic E-state index is 0.0143. The van der Waals surface area contributed by atoms with Crippen molar-refractivity contribution in [2.24, 2.45) is 5.92 Å². The highest BCUT2D eigenvalue weighted by Crippen LogP contribution is 2.15. The number of nitrogens with one attached hydrogen (secondary N) is 1. The molecule has 5 heteroatoms. The quantitative estimate of drug-likeness (QED) is 0.834. The van der Waals surface area contributed by atoms with E-state index in [1.54, 1.807) is 11.8 Å². The first-order chi connectivity index (χ1) is 8.63. The highest BCUT2D eigenvalue weighted by Gasteiger charge is 2.39. The van der Waals surface area contributed by atoms with Crippen LogP contribution in [-0.2, 0) is 14.3 Å². The molecule has 0 aromatic heterocycles. The van der Waals surface area contributed by atoms with Crippen molar-refractivity contribution in [3.63, 3.8) is 0 Å². The first-order valence-electron chi connectivity index (χ1n) is 6.88. The summed E-state index contributed by atoms with van der Waals surface area (Å²) in [5.74, 6) is -0.0105. The molecule has 1 aliphatic rings. The Balaban J connectivity index is 2.67. The summed E-state index contributed by atoms with van der Waals surface area (Å²) in [6.45, 7) is 12.4. The molecule has 1 heterocycles. The molecule has 110 valence electrons. The van der Waals surface area contributed by atoms with Crippen LogP contribution in [0.3, 0.4) is 0 Å². The number of hydrogen-bond acceptors (Lipinski definition) is 3. The summed E-state index contributed by atoms with van der Waals surface area (Å²) < 4.78 is 5.63. The number of hydrogen-bond donors (Lipinski definition) is 1. The zero-order valence-electron chi connectivity index (χ0n) is 12.8. The average Bonchev–Trinajstić information content (AvgIpc) is 2.26. The summed E-state index contributed by atoms with van der Waals surface area (Å²) in [6, 6.07) is -0.843. The van der Waals surface area contributed by atoms with E-state index < -0.39 is 12.1 Å². The fourth-order valence-corrected chi connectivity index (χ4v) is 2.05. The number of carbonyl (C=O) groups excluding carboxylic acids is 2. The highest BCUT2D eigenvalue weighted by molar-refractivity contribution is 5.96. The van der Waals surface area contributed by atoms with E-state index in [2.05, 4.69) is 5.32 Å². The smallest absolute Gasteiger partial charge is 0.246 e. The minimum atomic E-state index is -0.425. The van der Waals surface area contributed by atoms with Crippen molar-refractivity contribution < 1.29 is 14.3 Å². The zero-order valence-corrected chi connectivity index (χ0v) is 12.8. The van der Waals surface area contributed by atoms with E-state index in [1.807, 2.05) is 34.6 Å². The third-order valence-electron chi connectivity index (χ3n) is 3.23. The molecule has 0 bridgehead atoms. The van der Waals surface area contributed by atoms with E-state index >= 15 is 0 Å². The van der Waals surface area contributed by atoms with Crippen molar-refractivity contribution in [1.29, 1.82) is 0 Å². The summed E-state index contributed by atoms with van der Waals surface area (Å²) in [5, 5.41) is 2.78. The molecule has 0 aliphatic carbocycles. The molecule has 1 rings (SSSR count). The lowest BCUT2D eigenvalue weighted by Gasteiger charge is -2.39. The van der Waals surface area contributed by atoms with Gasteiger partial charge in [-0.25, -0.2) is 0 Å². The van der Waals surface area contributed by atoms with Gasteiger partial charge < -0.3 is 15.0 Å². The van der Waals surface area contributed by atoms with Crippen LogP contribution in [0.15, 0.2) is 0 Å². The van der Waals surface area contributed by atoms with Gasteiger partial charge in [0.1, 0.15) is 12.1 Å². The lowest BCUT2D eigenvalue weighted by atomic mass is 9.98. The Morgan fingerprint density at radius 3 is 2.37 bits per heavy atom. The summed E-state index contributed by atoms with van der Waals surface area (Å²) in [5.41, 5.74) is -0.234. The number of rotatable bonds is 4. The normalized spacial score (nSPS) is 24.9. The zero-order chi connectivity index (χ0) is 14.8. The third kappa shape index (κ3) is 4.20. The van der Waals surface area contributed by atoms with Gasteiger partial charge in [0.25, 0.3) is 0 Å². The monoisotopic (exact) mass is 270 g/mol. The van der Waals surface area contributed by atoms with Gasteiger partial charge in [-0.3, -0.25) is 9.59 Å². The van der Waals surface area contributed by atoms with Crippen LogP contribution in [0.4, 0.5) is 0 Å². The van der Waals surface area contributed by atoms with Crippen molar-refractivity contribution in [2.45, 2.75) is 59.2 Å². The molecule has 0 saturated carbocycles. The second kappa shape index (κ2) is 5.90. The van der Waals surface area contributed by atoms with Gasteiger partial charge >= 0.3 is 0 Å². The maximum atomic E-state index is 12.3. The topological polar surface area (TPSA) is 58.6 Å². The molecule has 1 aliphatic heterocycles. The fraction of sp³-hybridized carbons (Fsp3) is 0.857. The molecule has 19 heavy (non-hydrogen) atoms. The maximum Gasteiger partial charge on any atom is 0.246 e. The summed E-state index contributed by atoms with van der Waals surface area (Å²) in [6.07, 6.45) is 0. The molecule has 0 radical (unpaired) electrons. The number of ether oxygens (including phenoxy) is 1. The van der Waals surface area contributed by atoms with Crippen LogP contribution in [0.1, 0.15) is 41.5 Å². The largest absolute Gasteiger partial charge is 0.374 e. The van der Waals surface area contributed by atoms with Gasteiger partial charge in [-0.05, 0) is 33.6 Å². The summed E-state index contributed by atoms with van der Waals surface area (Å²) in [7, 11) is 0. The van der Waals surface area contributed by atoms with Crippen molar-refractivity contribution in [2.75, 3.05) is 13.2 Å². The SMILES string of the molecule is CC(C)C1NC(=O)C(C)N(CCOC(C)(C)C)C1=O. The third-order valence-corrected chi connectivity index (χ3v) is 3.23. The van der Waals surface area contributed by atoms with E-state index in [9.17, 15) is 9.59 Å². The Morgan fingerprint density at radius 2 is 1.89 bits per heavy atom. The van der Waals surface area contributed by atoms with Crippen molar-refractivity contribution in [3.8, 4) is 0 Å². The van der Waals surface area contributed by atoms with Gasteiger partial charge in [-0.2, -0.15) is 0 Å². The first-order valence-corrected chi connectivity index (χ1v) is 6.88. The second-order valence-electron chi connectivity index (χ2n) is 6.40. The van der Waals surface area contributed by atoms with Crippen molar-refractivity contribution in [3.05, 3.63) is 0 Å². The van der Waals surface area contributed by atoms with Crippen LogP contribution in [0.25, 0.3) is 0 Å². The van der Waals surface area contributed by atoms with Gasteiger partial charge in [0.15, 0.2) is 0 Å². The van der Waals surface area contributed by atoms with Gasteiger partial charge in [0.2, 0.25) is 11.8 Å². The molecule has 2 unspecified atom stereocenters. The summed E-state index contributed by atoms with van der Waals surface area (Å²) in [4.78, 5) is 25.8. The molecule has 0 aromatic rings. The van der Waals surface area contributed by atoms with Crippen molar-refractivity contribution in [1.82, 2.24) is 10.2 Å². The van der Waals surface area contributed by atoms with Gasteiger partial charge in [-0.1, -0.05) is 13.8 Å². The Kier molecular flexibility index (Phi) is 4.96. The van der Waals surface area contributed by atoms with Gasteiger partial charge in [-0.15, -0.1) is 0 Å². The van der Waals surface area contributed by atoms with Crippen LogP contribution in [-0.4, -0.2) is 47.6 Å². The molecule has 2 amide bonds. The standard InChI is InChI=1S/C14H26N2O3/c1-9(2)11-13(18)16(10(3)12(17)15-11)7-8-19-14(4,5)6/h9-11H,7-8H2,1-6H3,(H,15,17). The summed E-state index contributed by atoms with van der Waals surface area (Å²) >= 11 is 0. The van der Waals surface area contributed by atoms with Gasteiger partial charge in [0.05, 0.1) is 12.2 Å². The van der Waals surface area contributed by atoms with Gasteiger partial charge in [0, 0.05) is 6.54 Å². The number of amides is 2. The lowest BCUT2D eigenvalue weighted by Crippen LogP contribution is -2.64. The number of carbonyl (C=O) groups is 2.